The Balaban J connectivity index is 2.94. The highest BCUT2D eigenvalue weighted by Crippen LogP contribution is 2.23. The largest absolute Gasteiger partial charge is 0.303 e. The third-order valence-corrected chi connectivity index (χ3v) is 1.91. The molecule has 62 valence electrons. The van der Waals surface area contributed by atoms with Crippen LogP contribution in [-0.2, 0) is 4.79 Å². The predicted octanol–water partition coefficient (Wildman–Crippen LogP) is 2.94. The van der Waals surface area contributed by atoms with Crippen LogP contribution < -0.4 is 0 Å². The number of hydrogen-bond acceptors (Lipinski definition) is 1. The maximum Gasteiger partial charge on any atom is 0.124 e. The number of hydrogen-bond donors (Lipinski definition) is 0. The van der Waals surface area contributed by atoms with E-state index in [9.17, 15) is 4.79 Å². The number of benzene rings is 1. The van der Waals surface area contributed by atoms with E-state index in [2.05, 4.69) is 6.58 Å². The Hall–Kier alpha value is -1.08. The van der Waals surface area contributed by atoms with E-state index < -0.39 is 0 Å². The third-order valence-electron chi connectivity index (χ3n) is 1.58. The van der Waals surface area contributed by atoms with Crippen LogP contribution in [0.2, 0.25) is 5.02 Å². The molecule has 0 unspecified atom stereocenters. The van der Waals surface area contributed by atoms with Crippen LogP contribution in [0.15, 0.2) is 30.8 Å². The van der Waals surface area contributed by atoms with Crippen LogP contribution in [0.3, 0.4) is 0 Å². The molecule has 0 fully saturated rings. The summed E-state index contributed by atoms with van der Waals surface area (Å²) in [5.74, 6) is 0. The van der Waals surface area contributed by atoms with Crippen molar-refractivity contribution >= 4 is 23.5 Å². The minimum Gasteiger partial charge on any atom is -0.303 e. The predicted molar refractivity (Wildman–Crippen MR) is 51.2 cm³/mol. The molecule has 0 aliphatic carbocycles. The number of carbonyl (C=O) groups excluding carboxylic acids is 1. The van der Waals surface area contributed by atoms with Gasteiger partial charge in [0.1, 0.15) is 6.29 Å². The molecule has 0 amide bonds. The summed E-state index contributed by atoms with van der Waals surface area (Å²) in [5.41, 5.74) is 1.61. The standard InChI is InChI=1S/C10H9ClO/c1-8(6-7-12)9-4-2-3-5-10(9)11/h2-5,7H,1,6H2. The maximum atomic E-state index is 10.2. The lowest BCUT2D eigenvalue weighted by molar-refractivity contribution is -0.107. The molecule has 0 aliphatic heterocycles. The maximum absolute atomic E-state index is 10.2. The zero-order chi connectivity index (χ0) is 8.97. The summed E-state index contributed by atoms with van der Waals surface area (Å²) in [6.45, 7) is 3.76. The van der Waals surface area contributed by atoms with Crippen molar-refractivity contribution in [1.29, 1.82) is 0 Å². The molecule has 0 radical (unpaired) electrons. The van der Waals surface area contributed by atoms with Crippen molar-refractivity contribution in [3.05, 3.63) is 41.4 Å². The molecule has 0 aliphatic rings. The first-order valence-electron chi connectivity index (χ1n) is 3.62. The Kier molecular flexibility index (Phi) is 3.06. The van der Waals surface area contributed by atoms with Crippen molar-refractivity contribution in [2.24, 2.45) is 0 Å². The summed E-state index contributed by atoms with van der Waals surface area (Å²) in [6.07, 6.45) is 1.16. The molecule has 2 heteroatoms. The molecule has 12 heavy (non-hydrogen) atoms. The van der Waals surface area contributed by atoms with E-state index in [1.165, 1.54) is 0 Å². The van der Waals surface area contributed by atoms with Gasteiger partial charge in [0.05, 0.1) is 0 Å². The Morgan fingerprint density at radius 2 is 2.17 bits per heavy atom. The van der Waals surface area contributed by atoms with Gasteiger partial charge in [0, 0.05) is 11.4 Å². The van der Waals surface area contributed by atoms with Crippen molar-refractivity contribution in [1.82, 2.24) is 0 Å². The van der Waals surface area contributed by atoms with Crippen molar-refractivity contribution in [3.63, 3.8) is 0 Å². The molecule has 0 spiro atoms. The lowest BCUT2D eigenvalue weighted by Gasteiger charge is -2.03. The fourth-order valence-corrected chi connectivity index (χ4v) is 1.23. The Labute approximate surface area is 76.7 Å². The van der Waals surface area contributed by atoms with Gasteiger partial charge in [0.2, 0.25) is 0 Å². The fourth-order valence-electron chi connectivity index (χ4n) is 0.958. The van der Waals surface area contributed by atoms with Crippen molar-refractivity contribution < 1.29 is 4.79 Å². The Bertz CT molecular complexity index is 304. The van der Waals surface area contributed by atoms with Crippen LogP contribution >= 0.6 is 11.6 Å². The lowest BCUT2D eigenvalue weighted by Crippen LogP contribution is -1.84. The van der Waals surface area contributed by atoms with Gasteiger partial charge in [-0.3, -0.25) is 0 Å². The molecule has 1 nitrogen and oxygen atoms in total. The molecule has 0 aromatic heterocycles. The SMILES string of the molecule is C=C(CC=O)c1ccccc1Cl. The third kappa shape index (κ3) is 1.95. The number of halogens is 1. The number of carbonyl (C=O) groups is 1. The van der Waals surface area contributed by atoms with E-state index in [0.717, 1.165) is 17.4 Å². The van der Waals surface area contributed by atoms with Gasteiger partial charge < -0.3 is 4.79 Å². The summed E-state index contributed by atoms with van der Waals surface area (Å²) in [7, 11) is 0. The molecule has 0 saturated carbocycles. The number of allylic oxidation sites excluding steroid dienone is 1. The lowest BCUT2D eigenvalue weighted by atomic mass is 10.1. The highest BCUT2D eigenvalue weighted by Gasteiger charge is 2.01. The minimum absolute atomic E-state index is 0.337. The summed E-state index contributed by atoms with van der Waals surface area (Å²) < 4.78 is 0. The zero-order valence-corrected chi connectivity index (χ0v) is 7.34. The second kappa shape index (κ2) is 4.07. The zero-order valence-electron chi connectivity index (χ0n) is 6.59. The number of aldehydes is 1. The van der Waals surface area contributed by atoms with Crippen molar-refractivity contribution in [2.45, 2.75) is 6.42 Å². The van der Waals surface area contributed by atoms with E-state index in [-0.39, 0.29) is 0 Å². The molecule has 0 bridgehead atoms. The van der Waals surface area contributed by atoms with Crippen molar-refractivity contribution in [3.8, 4) is 0 Å². The normalized spacial score (nSPS) is 9.42. The van der Waals surface area contributed by atoms with Gasteiger partial charge in [-0.1, -0.05) is 36.4 Å². The molecular formula is C10H9ClO. The highest BCUT2D eigenvalue weighted by molar-refractivity contribution is 6.32. The van der Waals surface area contributed by atoms with Gasteiger partial charge in [-0.15, -0.1) is 0 Å². The minimum atomic E-state index is 0.337. The molecule has 0 N–H and O–H groups in total. The first kappa shape index (κ1) is 9.01. The van der Waals surface area contributed by atoms with Crippen LogP contribution in [0.4, 0.5) is 0 Å². The van der Waals surface area contributed by atoms with Crippen molar-refractivity contribution in [2.75, 3.05) is 0 Å². The van der Waals surface area contributed by atoms with Gasteiger partial charge in [-0.2, -0.15) is 0 Å². The summed E-state index contributed by atoms with van der Waals surface area (Å²) in [5, 5.41) is 0.643. The van der Waals surface area contributed by atoms with Gasteiger partial charge in [0.25, 0.3) is 0 Å². The Morgan fingerprint density at radius 3 is 2.75 bits per heavy atom. The highest BCUT2D eigenvalue weighted by atomic mass is 35.5. The smallest absolute Gasteiger partial charge is 0.124 e. The van der Waals surface area contributed by atoms with Crippen LogP contribution in [0.5, 0.6) is 0 Å². The first-order chi connectivity index (χ1) is 5.75. The van der Waals surface area contributed by atoms with E-state index in [1.807, 2.05) is 18.2 Å². The molecule has 1 aromatic rings. The molecule has 0 atom stereocenters. The van der Waals surface area contributed by atoms with Gasteiger partial charge >= 0.3 is 0 Å². The van der Waals surface area contributed by atoms with Gasteiger partial charge in [-0.05, 0) is 17.2 Å². The molecule has 1 rings (SSSR count). The average Bonchev–Trinajstić information content (AvgIpc) is 2.05. The Morgan fingerprint density at radius 1 is 1.50 bits per heavy atom. The van der Waals surface area contributed by atoms with E-state index in [0.29, 0.717) is 11.4 Å². The van der Waals surface area contributed by atoms with Crippen LogP contribution in [0, 0.1) is 0 Å². The topological polar surface area (TPSA) is 17.1 Å². The molecule has 1 aromatic carbocycles. The monoisotopic (exact) mass is 180 g/mol. The number of rotatable bonds is 3. The summed E-state index contributed by atoms with van der Waals surface area (Å²) in [6, 6.07) is 7.36. The molecular weight excluding hydrogens is 172 g/mol. The van der Waals surface area contributed by atoms with Gasteiger partial charge in [-0.25, -0.2) is 0 Å². The quantitative estimate of drug-likeness (QED) is 0.654. The first-order valence-corrected chi connectivity index (χ1v) is 4.00. The van der Waals surface area contributed by atoms with Crippen LogP contribution in [0.25, 0.3) is 5.57 Å². The summed E-state index contributed by atoms with van der Waals surface area (Å²) in [4.78, 5) is 10.2. The van der Waals surface area contributed by atoms with E-state index >= 15 is 0 Å². The second-order valence-corrected chi connectivity index (χ2v) is 2.86. The summed E-state index contributed by atoms with van der Waals surface area (Å²) >= 11 is 5.88. The van der Waals surface area contributed by atoms with Crippen LogP contribution in [-0.4, -0.2) is 6.29 Å². The average molecular weight is 181 g/mol. The van der Waals surface area contributed by atoms with Gasteiger partial charge in [0.15, 0.2) is 0 Å². The van der Waals surface area contributed by atoms with Crippen LogP contribution in [0.1, 0.15) is 12.0 Å². The molecule has 0 heterocycles. The van der Waals surface area contributed by atoms with E-state index in [1.54, 1.807) is 6.07 Å². The van der Waals surface area contributed by atoms with E-state index in [4.69, 9.17) is 11.6 Å². The fraction of sp³-hybridized carbons (Fsp3) is 0.100. The molecule has 0 saturated heterocycles. The second-order valence-electron chi connectivity index (χ2n) is 2.45.